The van der Waals surface area contributed by atoms with E-state index in [1.165, 1.54) is 11.3 Å². The molecule has 0 aromatic carbocycles. The standard InChI is InChI=1S/C10H16N2/c1-3-10-5-4-9(8-12-10)6-7-11-2/h4-5,8,11H,3,6-7H2,1-2H3. The summed E-state index contributed by atoms with van der Waals surface area (Å²) in [4.78, 5) is 4.32. The minimum Gasteiger partial charge on any atom is -0.319 e. The van der Waals surface area contributed by atoms with Gasteiger partial charge in [0.2, 0.25) is 0 Å². The Morgan fingerprint density at radius 3 is 2.75 bits per heavy atom. The van der Waals surface area contributed by atoms with E-state index in [0.717, 1.165) is 19.4 Å². The Kier molecular flexibility index (Phi) is 3.74. The normalized spacial score (nSPS) is 10.2. The summed E-state index contributed by atoms with van der Waals surface area (Å²) in [5.41, 5.74) is 2.48. The fourth-order valence-electron chi connectivity index (χ4n) is 1.08. The monoisotopic (exact) mass is 164 g/mol. The zero-order valence-corrected chi connectivity index (χ0v) is 7.80. The van der Waals surface area contributed by atoms with Crippen LogP contribution in [0.3, 0.4) is 0 Å². The second-order valence-corrected chi connectivity index (χ2v) is 2.86. The molecule has 0 spiro atoms. The smallest absolute Gasteiger partial charge is 0.0401 e. The lowest BCUT2D eigenvalue weighted by Crippen LogP contribution is -2.10. The predicted octanol–water partition coefficient (Wildman–Crippen LogP) is 1.41. The van der Waals surface area contributed by atoms with E-state index < -0.39 is 0 Å². The molecular weight excluding hydrogens is 148 g/mol. The number of aryl methyl sites for hydroxylation is 1. The molecule has 0 aliphatic rings. The van der Waals surface area contributed by atoms with Gasteiger partial charge in [0.25, 0.3) is 0 Å². The molecule has 0 aliphatic carbocycles. The molecule has 2 nitrogen and oxygen atoms in total. The molecule has 1 aromatic rings. The summed E-state index contributed by atoms with van der Waals surface area (Å²) < 4.78 is 0. The van der Waals surface area contributed by atoms with Gasteiger partial charge in [-0.2, -0.15) is 0 Å². The molecule has 12 heavy (non-hydrogen) atoms. The fraction of sp³-hybridized carbons (Fsp3) is 0.500. The zero-order chi connectivity index (χ0) is 8.81. The van der Waals surface area contributed by atoms with Crippen LogP contribution < -0.4 is 5.32 Å². The molecule has 2 heteroatoms. The van der Waals surface area contributed by atoms with Crippen molar-refractivity contribution in [2.45, 2.75) is 19.8 Å². The summed E-state index contributed by atoms with van der Waals surface area (Å²) in [6, 6.07) is 4.26. The van der Waals surface area contributed by atoms with Gasteiger partial charge in [-0.1, -0.05) is 13.0 Å². The van der Waals surface area contributed by atoms with Gasteiger partial charge in [0.1, 0.15) is 0 Å². The molecule has 0 bridgehead atoms. The average Bonchev–Trinajstić information content (AvgIpc) is 2.15. The first kappa shape index (κ1) is 9.20. The number of likely N-dealkylation sites (N-methyl/N-ethyl adjacent to an activating group) is 1. The van der Waals surface area contributed by atoms with E-state index in [9.17, 15) is 0 Å². The van der Waals surface area contributed by atoms with Crippen LogP contribution in [0.15, 0.2) is 18.3 Å². The molecular formula is C10H16N2. The van der Waals surface area contributed by atoms with Crippen LogP contribution in [-0.4, -0.2) is 18.6 Å². The summed E-state index contributed by atoms with van der Waals surface area (Å²) in [5, 5.41) is 3.12. The quantitative estimate of drug-likeness (QED) is 0.727. The minimum absolute atomic E-state index is 1.02. The highest BCUT2D eigenvalue weighted by Gasteiger charge is 1.92. The Bertz CT molecular complexity index is 216. The molecule has 0 amide bonds. The minimum atomic E-state index is 1.02. The Hall–Kier alpha value is -0.890. The molecule has 0 unspecified atom stereocenters. The van der Waals surface area contributed by atoms with Gasteiger partial charge in [-0.25, -0.2) is 0 Å². The van der Waals surface area contributed by atoms with E-state index in [-0.39, 0.29) is 0 Å². The molecule has 0 saturated carbocycles. The summed E-state index contributed by atoms with van der Waals surface area (Å²) in [5.74, 6) is 0. The topological polar surface area (TPSA) is 24.9 Å². The Morgan fingerprint density at radius 2 is 2.25 bits per heavy atom. The maximum Gasteiger partial charge on any atom is 0.0401 e. The van der Waals surface area contributed by atoms with Crippen molar-refractivity contribution in [2.24, 2.45) is 0 Å². The highest BCUT2D eigenvalue weighted by Crippen LogP contribution is 2.00. The number of rotatable bonds is 4. The van der Waals surface area contributed by atoms with E-state index in [0.29, 0.717) is 0 Å². The van der Waals surface area contributed by atoms with E-state index in [1.807, 2.05) is 13.2 Å². The Balaban J connectivity index is 2.53. The lowest BCUT2D eigenvalue weighted by molar-refractivity contribution is 0.788. The second kappa shape index (κ2) is 4.88. The number of nitrogens with zero attached hydrogens (tertiary/aromatic N) is 1. The van der Waals surface area contributed by atoms with Gasteiger partial charge in [0.05, 0.1) is 0 Å². The van der Waals surface area contributed by atoms with Crippen molar-refractivity contribution in [3.8, 4) is 0 Å². The van der Waals surface area contributed by atoms with Crippen LogP contribution in [0.4, 0.5) is 0 Å². The van der Waals surface area contributed by atoms with Crippen molar-refractivity contribution in [1.29, 1.82) is 0 Å². The van der Waals surface area contributed by atoms with Crippen LogP contribution in [0.5, 0.6) is 0 Å². The number of hydrogen-bond acceptors (Lipinski definition) is 2. The maximum absolute atomic E-state index is 4.32. The first-order chi connectivity index (χ1) is 5.86. The number of hydrogen-bond donors (Lipinski definition) is 1. The molecule has 0 aliphatic heterocycles. The Labute approximate surface area is 74.0 Å². The highest BCUT2D eigenvalue weighted by atomic mass is 14.8. The van der Waals surface area contributed by atoms with Crippen LogP contribution in [0.1, 0.15) is 18.2 Å². The van der Waals surface area contributed by atoms with E-state index >= 15 is 0 Å². The fourth-order valence-corrected chi connectivity index (χ4v) is 1.08. The summed E-state index contributed by atoms with van der Waals surface area (Å²) >= 11 is 0. The number of nitrogens with one attached hydrogen (secondary N) is 1. The third kappa shape index (κ3) is 2.62. The summed E-state index contributed by atoms with van der Waals surface area (Å²) in [6.07, 6.45) is 4.05. The molecule has 1 rings (SSSR count). The van der Waals surface area contributed by atoms with Crippen molar-refractivity contribution < 1.29 is 0 Å². The molecule has 1 N–H and O–H groups in total. The van der Waals surface area contributed by atoms with Gasteiger partial charge < -0.3 is 5.32 Å². The van der Waals surface area contributed by atoms with Gasteiger partial charge in [0.15, 0.2) is 0 Å². The molecule has 1 heterocycles. The van der Waals surface area contributed by atoms with Crippen LogP contribution in [0, 0.1) is 0 Å². The molecule has 66 valence electrons. The predicted molar refractivity (Wildman–Crippen MR) is 51.2 cm³/mol. The van der Waals surface area contributed by atoms with Gasteiger partial charge in [-0.3, -0.25) is 4.98 Å². The number of aromatic nitrogens is 1. The first-order valence-electron chi connectivity index (χ1n) is 4.45. The molecule has 0 saturated heterocycles. The summed E-state index contributed by atoms with van der Waals surface area (Å²) in [7, 11) is 1.97. The molecule has 0 fully saturated rings. The molecule has 0 atom stereocenters. The summed E-state index contributed by atoms with van der Waals surface area (Å²) in [6.45, 7) is 3.14. The van der Waals surface area contributed by atoms with Gasteiger partial charge in [-0.15, -0.1) is 0 Å². The Morgan fingerprint density at radius 1 is 1.42 bits per heavy atom. The van der Waals surface area contributed by atoms with E-state index in [2.05, 4.69) is 29.4 Å². The average molecular weight is 164 g/mol. The second-order valence-electron chi connectivity index (χ2n) is 2.86. The van der Waals surface area contributed by atoms with Crippen molar-refractivity contribution >= 4 is 0 Å². The number of pyridine rings is 1. The lowest BCUT2D eigenvalue weighted by Gasteiger charge is -2.00. The first-order valence-corrected chi connectivity index (χ1v) is 4.45. The highest BCUT2D eigenvalue weighted by molar-refractivity contribution is 5.14. The van der Waals surface area contributed by atoms with Crippen LogP contribution in [0.25, 0.3) is 0 Å². The maximum atomic E-state index is 4.32. The lowest BCUT2D eigenvalue weighted by atomic mass is 10.2. The van der Waals surface area contributed by atoms with Crippen molar-refractivity contribution in [1.82, 2.24) is 10.3 Å². The van der Waals surface area contributed by atoms with E-state index in [1.54, 1.807) is 0 Å². The van der Waals surface area contributed by atoms with Crippen LogP contribution >= 0.6 is 0 Å². The van der Waals surface area contributed by atoms with Crippen molar-refractivity contribution in [2.75, 3.05) is 13.6 Å². The van der Waals surface area contributed by atoms with E-state index in [4.69, 9.17) is 0 Å². The third-order valence-corrected chi connectivity index (χ3v) is 1.91. The third-order valence-electron chi connectivity index (χ3n) is 1.91. The van der Waals surface area contributed by atoms with Crippen LogP contribution in [-0.2, 0) is 12.8 Å². The van der Waals surface area contributed by atoms with Gasteiger partial charge >= 0.3 is 0 Å². The molecule has 0 radical (unpaired) electrons. The molecule has 1 aromatic heterocycles. The van der Waals surface area contributed by atoms with Crippen LogP contribution in [0.2, 0.25) is 0 Å². The van der Waals surface area contributed by atoms with Crippen molar-refractivity contribution in [3.63, 3.8) is 0 Å². The largest absolute Gasteiger partial charge is 0.319 e. The van der Waals surface area contributed by atoms with Gasteiger partial charge in [0, 0.05) is 11.9 Å². The zero-order valence-electron chi connectivity index (χ0n) is 7.80. The van der Waals surface area contributed by atoms with Crippen molar-refractivity contribution in [3.05, 3.63) is 29.6 Å². The van der Waals surface area contributed by atoms with Gasteiger partial charge in [-0.05, 0) is 38.1 Å². The SMILES string of the molecule is CCc1ccc(CCNC)cn1.